The predicted molar refractivity (Wildman–Crippen MR) is 59.6 cm³/mol. The Labute approximate surface area is 92.9 Å². The van der Waals surface area contributed by atoms with E-state index in [4.69, 9.17) is 0 Å². The van der Waals surface area contributed by atoms with Crippen LogP contribution in [0.4, 0.5) is 10.1 Å². The Morgan fingerprint density at radius 1 is 1.62 bits per heavy atom. The van der Waals surface area contributed by atoms with Crippen molar-refractivity contribution in [3.05, 3.63) is 52.3 Å². The van der Waals surface area contributed by atoms with E-state index >= 15 is 0 Å². The lowest BCUT2D eigenvalue weighted by molar-refractivity contribution is -0.385. The first kappa shape index (κ1) is 12.3. The molecule has 0 fully saturated rings. The van der Waals surface area contributed by atoms with E-state index in [2.05, 4.69) is 11.9 Å². The van der Waals surface area contributed by atoms with Crippen LogP contribution in [0.1, 0.15) is 12.5 Å². The number of nitro groups is 1. The summed E-state index contributed by atoms with van der Waals surface area (Å²) in [5.74, 6) is -0.600. The molecule has 0 aromatic heterocycles. The van der Waals surface area contributed by atoms with Gasteiger partial charge in [0, 0.05) is 18.7 Å². The van der Waals surface area contributed by atoms with Gasteiger partial charge in [-0.25, -0.2) is 4.39 Å². The monoisotopic (exact) mass is 224 g/mol. The maximum absolute atomic E-state index is 13.0. The Balaban J connectivity index is 2.80. The fourth-order valence-corrected chi connectivity index (χ4v) is 1.20. The SMILES string of the molecule is C=CC(C)NCc1cc(F)cc([N+](=O)[O-])c1. The smallest absolute Gasteiger partial charge is 0.272 e. The van der Waals surface area contributed by atoms with E-state index < -0.39 is 10.7 Å². The van der Waals surface area contributed by atoms with Gasteiger partial charge in [0.1, 0.15) is 5.82 Å². The molecule has 1 unspecified atom stereocenters. The van der Waals surface area contributed by atoms with Gasteiger partial charge in [-0.3, -0.25) is 10.1 Å². The highest BCUT2D eigenvalue weighted by Crippen LogP contribution is 2.16. The van der Waals surface area contributed by atoms with E-state index in [-0.39, 0.29) is 11.7 Å². The summed E-state index contributed by atoms with van der Waals surface area (Å²) in [7, 11) is 0. The lowest BCUT2D eigenvalue weighted by Crippen LogP contribution is -2.22. The largest absolute Gasteiger partial charge is 0.307 e. The van der Waals surface area contributed by atoms with Gasteiger partial charge in [0.25, 0.3) is 5.69 Å². The Morgan fingerprint density at radius 3 is 2.88 bits per heavy atom. The van der Waals surface area contributed by atoms with Crippen LogP contribution in [-0.2, 0) is 6.54 Å². The van der Waals surface area contributed by atoms with Gasteiger partial charge in [-0.1, -0.05) is 6.08 Å². The van der Waals surface area contributed by atoms with Gasteiger partial charge in [0.15, 0.2) is 0 Å². The summed E-state index contributed by atoms with van der Waals surface area (Å²) >= 11 is 0. The first-order valence-corrected chi connectivity index (χ1v) is 4.82. The van der Waals surface area contributed by atoms with Crippen molar-refractivity contribution < 1.29 is 9.31 Å². The Morgan fingerprint density at radius 2 is 2.31 bits per heavy atom. The number of non-ortho nitro benzene ring substituents is 1. The number of hydrogen-bond donors (Lipinski definition) is 1. The van der Waals surface area contributed by atoms with Crippen molar-refractivity contribution in [3.8, 4) is 0 Å². The molecule has 0 radical (unpaired) electrons. The first-order chi connectivity index (χ1) is 7.52. The van der Waals surface area contributed by atoms with E-state index in [1.54, 1.807) is 6.08 Å². The van der Waals surface area contributed by atoms with Gasteiger partial charge in [-0.15, -0.1) is 6.58 Å². The van der Waals surface area contributed by atoms with Gasteiger partial charge in [-0.2, -0.15) is 0 Å². The number of nitro benzene ring substituents is 1. The van der Waals surface area contributed by atoms with E-state index in [9.17, 15) is 14.5 Å². The lowest BCUT2D eigenvalue weighted by Gasteiger charge is -2.08. The molecule has 1 aromatic rings. The third kappa shape index (κ3) is 3.43. The first-order valence-electron chi connectivity index (χ1n) is 4.82. The minimum absolute atomic E-state index is 0.0716. The van der Waals surface area contributed by atoms with Crippen molar-refractivity contribution in [2.75, 3.05) is 0 Å². The van der Waals surface area contributed by atoms with Gasteiger partial charge in [0.2, 0.25) is 0 Å². The molecule has 16 heavy (non-hydrogen) atoms. The lowest BCUT2D eigenvalue weighted by atomic mass is 10.2. The summed E-state index contributed by atoms with van der Waals surface area (Å²) in [5, 5.41) is 13.5. The van der Waals surface area contributed by atoms with Crippen molar-refractivity contribution in [2.45, 2.75) is 19.5 Å². The second kappa shape index (κ2) is 5.37. The molecular weight excluding hydrogens is 211 g/mol. The second-order valence-corrected chi connectivity index (χ2v) is 3.48. The fourth-order valence-electron chi connectivity index (χ4n) is 1.20. The summed E-state index contributed by atoms with van der Waals surface area (Å²) in [5.41, 5.74) is 0.309. The highest BCUT2D eigenvalue weighted by atomic mass is 19.1. The third-order valence-corrected chi connectivity index (χ3v) is 2.13. The molecule has 0 spiro atoms. The molecule has 4 nitrogen and oxygen atoms in total. The minimum atomic E-state index is -0.608. The number of rotatable bonds is 5. The van der Waals surface area contributed by atoms with Crippen LogP contribution in [0.15, 0.2) is 30.9 Å². The molecule has 1 rings (SSSR count). The molecule has 1 aromatic carbocycles. The highest BCUT2D eigenvalue weighted by Gasteiger charge is 2.09. The maximum atomic E-state index is 13.0. The molecule has 0 saturated heterocycles. The maximum Gasteiger partial charge on any atom is 0.272 e. The average molecular weight is 224 g/mol. The summed E-state index contributed by atoms with van der Waals surface area (Å²) < 4.78 is 13.0. The van der Waals surface area contributed by atoms with Crippen LogP contribution in [0, 0.1) is 15.9 Å². The van der Waals surface area contributed by atoms with Crippen LogP contribution in [0.5, 0.6) is 0 Å². The van der Waals surface area contributed by atoms with E-state index in [1.165, 1.54) is 12.1 Å². The molecule has 5 heteroatoms. The minimum Gasteiger partial charge on any atom is -0.307 e. The van der Waals surface area contributed by atoms with Crippen molar-refractivity contribution in [3.63, 3.8) is 0 Å². The zero-order valence-electron chi connectivity index (χ0n) is 8.94. The molecule has 1 atom stereocenters. The van der Waals surface area contributed by atoms with E-state index in [0.717, 1.165) is 6.07 Å². The third-order valence-electron chi connectivity index (χ3n) is 2.13. The number of hydrogen-bond acceptors (Lipinski definition) is 3. The van der Waals surface area contributed by atoms with Crippen LogP contribution >= 0.6 is 0 Å². The zero-order valence-corrected chi connectivity index (χ0v) is 8.94. The molecule has 86 valence electrons. The topological polar surface area (TPSA) is 55.2 Å². The Bertz CT molecular complexity index is 407. The highest BCUT2D eigenvalue weighted by molar-refractivity contribution is 5.35. The summed E-state index contributed by atoms with van der Waals surface area (Å²) in [4.78, 5) is 9.89. The quantitative estimate of drug-likeness (QED) is 0.474. The van der Waals surface area contributed by atoms with Gasteiger partial charge >= 0.3 is 0 Å². The molecule has 0 aliphatic heterocycles. The number of halogens is 1. The van der Waals surface area contributed by atoms with Crippen molar-refractivity contribution in [2.24, 2.45) is 0 Å². The van der Waals surface area contributed by atoms with Gasteiger partial charge < -0.3 is 5.32 Å². The Kier molecular flexibility index (Phi) is 4.13. The van der Waals surface area contributed by atoms with Crippen LogP contribution in [-0.4, -0.2) is 11.0 Å². The molecule has 0 saturated carbocycles. The molecule has 0 amide bonds. The fraction of sp³-hybridized carbons (Fsp3) is 0.273. The van der Waals surface area contributed by atoms with Crippen LogP contribution in [0.2, 0.25) is 0 Å². The number of nitrogens with zero attached hydrogens (tertiary/aromatic N) is 1. The van der Waals surface area contributed by atoms with E-state index in [1.807, 2.05) is 6.92 Å². The van der Waals surface area contributed by atoms with Crippen molar-refractivity contribution in [1.29, 1.82) is 0 Å². The number of nitrogens with one attached hydrogen (secondary N) is 1. The molecule has 0 heterocycles. The number of benzene rings is 1. The van der Waals surface area contributed by atoms with Crippen LogP contribution < -0.4 is 5.32 Å². The summed E-state index contributed by atoms with van der Waals surface area (Å²) in [6.45, 7) is 5.85. The zero-order chi connectivity index (χ0) is 12.1. The predicted octanol–water partition coefficient (Wildman–Crippen LogP) is 2.40. The normalized spacial score (nSPS) is 12.1. The summed E-state index contributed by atoms with van der Waals surface area (Å²) in [6, 6.07) is 3.60. The van der Waals surface area contributed by atoms with Gasteiger partial charge in [-0.05, 0) is 18.6 Å². The molecule has 0 bridgehead atoms. The molecule has 1 N–H and O–H groups in total. The molecule has 0 aliphatic carbocycles. The molecule has 0 aliphatic rings. The van der Waals surface area contributed by atoms with E-state index in [0.29, 0.717) is 12.1 Å². The van der Waals surface area contributed by atoms with Crippen molar-refractivity contribution >= 4 is 5.69 Å². The van der Waals surface area contributed by atoms with Gasteiger partial charge in [0.05, 0.1) is 11.0 Å². The van der Waals surface area contributed by atoms with Crippen LogP contribution in [0.25, 0.3) is 0 Å². The average Bonchev–Trinajstić information content (AvgIpc) is 2.25. The Hall–Kier alpha value is -1.75. The van der Waals surface area contributed by atoms with Crippen LogP contribution in [0.3, 0.4) is 0 Å². The summed E-state index contributed by atoms with van der Waals surface area (Å²) in [6.07, 6.45) is 1.70. The molecular formula is C11H13FN2O2. The standard InChI is InChI=1S/C11H13FN2O2/c1-3-8(2)13-7-9-4-10(12)6-11(5-9)14(15)16/h3-6,8,13H,1,7H2,2H3. The second-order valence-electron chi connectivity index (χ2n) is 3.48. The van der Waals surface area contributed by atoms with Crippen molar-refractivity contribution in [1.82, 2.24) is 5.32 Å².